The quantitative estimate of drug-likeness (QED) is 0.822. The Hall–Kier alpha value is -0.570. The van der Waals surface area contributed by atoms with Crippen molar-refractivity contribution in [3.8, 4) is 0 Å². The lowest BCUT2D eigenvalue weighted by Crippen LogP contribution is -2.42. The highest BCUT2D eigenvalue weighted by Crippen LogP contribution is 2.25. The van der Waals surface area contributed by atoms with Gasteiger partial charge in [-0.1, -0.05) is 20.8 Å². The Morgan fingerprint density at radius 3 is 2.35 bits per heavy atom. The fourth-order valence-corrected chi connectivity index (χ4v) is 2.52. The van der Waals surface area contributed by atoms with Crippen molar-refractivity contribution in [2.75, 3.05) is 13.1 Å². The predicted octanol–water partition coefficient (Wildman–Crippen LogP) is 2.25. The van der Waals surface area contributed by atoms with E-state index >= 15 is 0 Å². The van der Waals surface area contributed by atoms with Gasteiger partial charge in [0.1, 0.15) is 0 Å². The van der Waals surface area contributed by atoms with E-state index in [1.54, 1.807) is 0 Å². The van der Waals surface area contributed by atoms with E-state index in [4.69, 9.17) is 5.73 Å². The Kier molecular flexibility index (Phi) is 5.44. The Bertz CT molecular complexity index is 251. The number of nitrogens with zero attached hydrogens (tertiary/aromatic N) is 1. The zero-order chi connectivity index (χ0) is 13.0. The molecule has 0 radical (unpaired) electrons. The molecule has 0 spiro atoms. The van der Waals surface area contributed by atoms with Crippen LogP contribution in [0.3, 0.4) is 0 Å². The first kappa shape index (κ1) is 14.5. The van der Waals surface area contributed by atoms with Gasteiger partial charge in [-0.05, 0) is 38.0 Å². The summed E-state index contributed by atoms with van der Waals surface area (Å²) in [7, 11) is 0. The number of carbonyl (C=O) groups excluding carboxylic acids is 1. The summed E-state index contributed by atoms with van der Waals surface area (Å²) < 4.78 is 0. The fourth-order valence-electron chi connectivity index (χ4n) is 2.52. The topological polar surface area (TPSA) is 46.3 Å². The fraction of sp³-hybridized carbons (Fsp3) is 0.929. The van der Waals surface area contributed by atoms with Crippen molar-refractivity contribution < 1.29 is 4.79 Å². The summed E-state index contributed by atoms with van der Waals surface area (Å²) in [6.45, 7) is 10.3. The standard InChI is InChI=1S/C14H28N2O/c1-10(2)13-6-5-8-16(9-7-13)14(17)11(3)12(4)15/h10-13H,5-9,15H2,1-4H3. The molecule has 1 heterocycles. The van der Waals surface area contributed by atoms with Gasteiger partial charge in [0.15, 0.2) is 0 Å². The maximum Gasteiger partial charge on any atom is 0.226 e. The van der Waals surface area contributed by atoms with Crippen LogP contribution in [0, 0.1) is 17.8 Å². The van der Waals surface area contributed by atoms with Gasteiger partial charge in [0.05, 0.1) is 5.92 Å². The van der Waals surface area contributed by atoms with Crippen LogP contribution in [0.2, 0.25) is 0 Å². The molecule has 17 heavy (non-hydrogen) atoms. The summed E-state index contributed by atoms with van der Waals surface area (Å²) >= 11 is 0. The van der Waals surface area contributed by atoms with Crippen LogP contribution in [0.4, 0.5) is 0 Å². The van der Waals surface area contributed by atoms with Gasteiger partial charge < -0.3 is 10.6 Å². The second kappa shape index (κ2) is 6.39. The Morgan fingerprint density at radius 2 is 1.82 bits per heavy atom. The smallest absolute Gasteiger partial charge is 0.226 e. The lowest BCUT2D eigenvalue weighted by Gasteiger charge is -2.26. The van der Waals surface area contributed by atoms with Crippen molar-refractivity contribution in [3.05, 3.63) is 0 Å². The number of carbonyl (C=O) groups is 1. The molecule has 3 nitrogen and oxygen atoms in total. The average Bonchev–Trinajstić information content (AvgIpc) is 2.52. The second-order valence-corrected chi connectivity index (χ2v) is 5.91. The second-order valence-electron chi connectivity index (χ2n) is 5.91. The highest BCUT2D eigenvalue weighted by Gasteiger charge is 2.26. The SMILES string of the molecule is CC(C)C1CCCN(C(=O)C(C)C(C)N)CC1. The van der Waals surface area contributed by atoms with E-state index in [0.717, 1.165) is 37.8 Å². The third-order valence-electron chi connectivity index (χ3n) is 4.21. The number of hydrogen-bond acceptors (Lipinski definition) is 2. The highest BCUT2D eigenvalue weighted by atomic mass is 16.2. The average molecular weight is 240 g/mol. The summed E-state index contributed by atoms with van der Waals surface area (Å²) in [5, 5.41) is 0. The van der Waals surface area contributed by atoms with Crippen LogP contribution < -0.4 is 5.73 Å². The molecule has 3 heteroatoms. The first-order chi connectivity index (χ1) is 7.93. The van der Waals surface area contributed by atoms with Crippen molar-refractivity contribution in [2.45, 2.75) is 53.0 Å². The Labute approximate surface area is 106 Å². The van der Waals surface area contributed by atoms with Gasteiger partial charge in [-0.3, -0.25) is 4.79 Å². The molecular formula is C14H28N2O. The normalized spacial score (nSPS) is 25.5. The van der Waals surface area contributed by atoms with Gasteiger partial charge >= 0.3 is 0 Å². The zero-order valence-corrected chi connectivity index (χ0v) is 11.8. The van der Waals surface area contributed by atoms with Gasteiger partial charge in [0.2, 0.25) is 5.91 Å². The van der Waals surface area contributed by atoms with Gasteiger partial charge in [0, 0.05) is 19.1 Å². The minimum absolute atomic E-state index is 0.0494. The lowest BCUT2D eigenvalue weighted by atomic mass is 9.89. The van der Waals surface area contributed by atoms with Crippen LogP contribution in [-0.4, -0.2) is 29.9 Å². The molecule has 0 aromatic carbocycles. The van der Waals surface area contributed by atoms with Gasteiger partial charge in [-0.15, -0.1) is 0 Å². The maximum atomic E-state index is 12.2. The van der Waals surface area contributed by atoms with E-state index in [0.29, 0.717) is 0 Å². The monoisotopic (exact) mass is 240 g/mol. The Morgan fingerprint density at radius 1 is 1.18 bits per heavy atom. The van der Waals surface area contributed by atoms with Crippen LogP contribution in [0.1, 0.15) is 47.0 Å². The Balaban J connectivity index is 2.54. The minimum atomic E-state index is -0.0504. The zero-order valence-electron chi connectivity index (χ0n) is 11.8. The maximum absolute atomic E-state index is 12.2. The third kappa shape index (κ3) is 3.98. The molecule has 0 saturated carbocycles. The minimum Gasteiger partial charge on any atom is -0.342 e. The van der Waals surface area contributed by atoms with Gasteiger partial charge in [0.25, 0.3) is 0 Å². The number of likely N-dealkylation sites (tertiary alicyclic amines) is 1. The summed E-state index contributed by atoms with van der Waals surface area (Å²) in [5.74, 6) is 1.70. The van der Waals surface area contributed by atoms with E-state index in [1.165, 1.54) is 6.42 Å². The molecule has 1 aliphatic rings. The summed E-state index contributed by atoms with van der Waals surface area (Å²) in [4.78, 5) is 14.2. The predicted molar refractivity (Wildman–Crippen MR) is 71.6 cm³/mol. The molecule has 1 saturated heterocycles. The van der Waals surface area contributed by atoms with Crippen molar-refractivity contribution in [2.24, 2.45) is 23.5 Å². The van der Waals surface area contributed by atoms with Gasteiger partial charge in [-0.2, -0.15) is 0 Å². The van der Waals surface area contributed by atoms with Crippen LogP contribution in [0.25, 0.3) is 0 Å². The number of amides is 1. The molecule has 0 aliphatic carbocycles. The van der Waals surface area contributed by atoms with Crippen LogP contribution in [-0.2, 0) is 4.79 Å². The largest absolute Gasteiger partial charge is 0.342 e. The van der Waals surface area contributed by atoms with Crippen molar-refractivity contribution in [1.82, 2.24) is 4.90 Å². The van der Waals surface area contributed by atoms with Gasteiger partial charge in [-0.25, -0.2) is 0 Å². The van der Waals surface area contributed by atoms with Crippen molar-refractivity contribution >= 4 is 5.91 Å². The molecule has 0 aromatic heterocycles. The molecule has 1 aliphatic heterocycles. The third-order valence-corrected chi connectivity index (χ3v) is 4.21. The molecule has 1 fully saturated rings. The molecule has 3 atom stereocenters. The van der Waals surface area contributed by atoms with E-state index in [2.05, 4.69) is 13.8 Å². The van der Waals surface area contributed by atoms with E-state index in [-0.39, 0.29) is 17.9 Å². The van der Waals surface area contributed by atoms with E-state index in [9.17, 15) is 4.79 Å². The number of nitrogens with two attached hydrogens (primary N) is 1. The first-order valence-electron chi connectivity index (χ1n) is 6.97. The molecule has 0 aromatic rings. The van der Waals surface area contributed by atoms with Crippen LogP contribution >= 0.6 is 0 Å². The highest BCUT2D eigenvalue weighted by molar-refractivity contribution is 5.79. The number of rotatable bonds is 3. The number of hydrogen-bond donors (Lipinski definition) is 1. The summed E-state index contributed by atoms with van der Waals surface area (Å²) in [5.41, 5.74) is 5.81. The molecule has 0 bridgehead atoms. The van der Waals surface area contributed by atoms with E-state index < -0.39 is 0 Å². The molecule has 3 unspecified atom stereocenters. The van der Waals surface area contributed by atoms with Crippen molar-refractivity contribution in [3.63, 3.8) is 0 Å². The van der Waals surface area contributed by atoms with Crippen molar-refractivity contribution in [1.29, 1.82) is 0 Å². The van der Waals surface area contributed by atoms with Crippen LogP contribution in [0.15, 0.2) is 0 Å². The summed E-state index contributed by atoms with van der Waals surface area (Å²) in [6.07, 6.45) is 3.54. The van der Waals surface area contributed by atoms with Crippen LogP contribution in [0.5, 0.6) is 0 Å². The molecule has 1 amide bonds. The lowest BCUT2D eigenvalue weighted by molar-refractivity contribution is -0.135. The molecule has 2 N–H and O–H groups in total. The molecular weight excluding hydrogens is 212 g/mol. The van der Waals surface area contributed by atoms with E-state index in [1.807, 2.05) is 18.7 Å². The molecule has 1 rings (SSSR count). The molecule has 100 valence electrons. The first-order valence-corrected chi connectivity index (χ1v) is 6.97. The summed E-state index contributed by atoms with van der Waals surface area (Å²) in [6, 6.07) is -0.0494.